The summed E-state index contributed by atoms with van der Waals surface area (Å²) in [6.07, 6.45) is -1.42. The topological polar surface area (TPSA) is 69.6 Å². The van der Waals surface area contributed by atoms with E-state index in [1.807, 2.05) is 31.2 Å². The monoisotopic (exact) mass is 431 g/mol. The average Bonchev–Trinajstić information content (AvgIpc) is 3.34. The first-order valence-corrected chi connectivity index (χ1v) is 9.93. The average molecular weight is 431 g/mol. The second-order valence-electron chi connectivity index (χ2n) is 6.58. The molecule has 0 N–H and O–H groups in total. The van der Waals surface area contributed by atoms with Gasteiger partial charge in [-0.2, -0.15) is 13.2 Å². The number of alkyl halides is 3. The molecule has 0 bridgehead atoms. The fourth-order valence-corrected chi connectivity index (χ4v) is 3.62. The number of benzene rings is 1. The van der Waals surface area contributed by atoms with Gasteiger partial charge in [0, 0.05) is 29.6 Å². The highest BCUT2D eigenvalue weighted by molar-refractivity contribution is 7.98. The summed E-state index contributed by atoms with van der Waals surface area (Å²) in [6, 6.07) is 12.8. The zero-order valence-electron chi connectivity index (χ0n) is 15.8. The van der Waals surface area contributed by atoms with E-state index in [1.165, 1.54) is 12.4 Å². The first-order chi connectivity index (χ1) is 14.4. The predicted octanol–water partition coefficient (Wildman–Crippen LogP) is 5.16. The van der Waals surface area contributed by atoms with Crippen LogP contribution in [-0.4, -0.2) is 31.1 Å². The van der Waals surface area contributed by atoms with Gasteiger partial charge in [0.2, 0.25) is 0 Å². The highest BCUT2D eigenvalue weighted by Crippen LogP contribution is 2.30. The van der Waals surface area contributed by atoms with E-state index < -0.39 is 12.7 Å². The van der Waals surface area contributed by atoms with Crippen LogP contribution >= 0.6 is 11.8 Å². The molecule has 0 aliphatic heterocycles. The van der Waals surface area contributed by atoms with Crippen molar-refractivity contribution in [1.82, 2.24) is 24.9 Å². The van der Waals surface area contributed by atoms with E-state index in [2.05, 4.69) is 20.3 Å². The normalized spacial score (nSPS) is 11.7. The summed E-state index contributed by atoms with van der Waals surface area (Å²) in [5.74, 6) is 0.934. The van der Waals surface area contributed by atoms with Crippen LogP contribution in [0.15, 0.2) is 64.5 Å². The Kier molecular flexibility index (Phi) is 5.58. The molecule has 0 radical (unpaired) electrons. The van der Waals surface area contributed by atoms with Crippen LogP contribution in [-0.2, 0) is 12.3 Å². The van der Waals surface area contributed by atoms with Crippen LogP contribution in [0.4, 0.5) is 13.2 Å². The lowest BCUT2D eigenvalue weighted by molar-refractivity contribution is -0.141. The standard InChI is InChI=1S/C20H16F3N5OS/c1-13-2-4-14(5-3-13)17-10-16(29-27-17)11-30-19-26-25-18(15-6-8-24-9-7-15)28(19)12-20(21,22)23/h2-10H,11-12H2,1H3. The van der Waals surface area contributed by atoms with E-state index in [0.717, 1.165) is 27.5 Å². The van der Waals surface area contributed by atoms with Gasteiger partial charge in [0.25, 0.3) is 0 Å². The lowest BCUT2D eigenvalue weighted by Crippen LogP contribution is -2.19. The first kappa shape index (κ1) is 20.1. The van der Waals surface area contributed by atoms with Gasteiger partial charge < -0.3 is 4.52 Å². The smallest absolute Gasteiger partial charge is 0.360 e. The van der Waals surface area contributed by atoms with Gasteiger partial charge in [0.15, 0.2) is 11.0 Å². The van der Waals surface area contributed by atoms with Crippen LogP contribution in [0.1, 0.15) is 11.3 Å². The lowest BCUT2D eigenvalue weighted by atomic mass is 10.1. The van der Waals surface area contributed by atoms with Crippen LogP contribution < -0.4 is 0 Å². The summed E-state index contributed by atoms with van der Waals surface area (Å²) in [5, 5.41) is 12.1. The fourth-order valence-electron chi connectivity index (χ4n) is 2.81. The number of halogens is 3. The van der Waals surface area contributed by atoms with E-state index in [4.69, 9.17) is 4.52 Å². The summed E-state index contributed by atoms with van der Waals surface area (Å²) in [7, 11) is 0. The summed E-state index contributed by atoms with van der Waals surface area (Å²) >= 11 is 1.11. The van der Waals surface area contributed by atoms with Gasteiger partial charge in [-0.1, -0.05) is 46.7 Å². The van der Waals surface area contributed by atoms with Crippen molar-refractivity contribution in [2.75, 3.05) is 0 Å². The molecule has 0 saturated heterocycles. The maximum Gasteiger partial charge on any atom is 0.406 e. The highest BCUT2D eigenvalue weighted by atomic mass is 32.2. The largest absolute Gasteiger partial charge is 0.406 e. The molecule has 10 heteroatoms. The van der Waals surface area contributed by atoms with Gasteiger partial charge in [-0.25, -0.2) is 0 Å². The third-order valence-corrected chi connectivity index (χ3v) is 5.23. The predicted molar refractivity (Wildman–Crippen MR) is 106 cm³/mol. The minimum Gasteiger partial charge on any atom is -0.360 e. The third-order valence-electron chi connectivity index (χ3n) is 4.24. The van der Waals surface area contributed by atoms with Gasteiger partial charge in [0.1, 0.15) is 18.0 Å². The minimum absolute atomic E-state index is 0.134. The van der Waals surface area contributed by atoms with Crippen molar-refractivity contribution in [2.45, 2.75) is 30.6 Å². The zero-order valence-corrected chi connectivity index (χ0v) is 16.6. The van der Waals surface area contributed by atoms with E-state index in [1.54, 1.807) is 18.2 Å². The van der Waals surface area contributed by atoms with E-state index in [-0.39, 0.29) is 16.7 Å². The Balaban J connectivity index is 1.55. The van der Waals surface area contributed by atoms with Gasteiger partial charge in [0.05, 0.1) is 5.75 Å². The highest BCUT2D eigenvalue weighted by Gasteiger charge is 2.31. The second kappa shape index (κ2) is 8.31. The molecule has 3 heterocycles. The van der Waals surface area contributed by atoms with E-state index in [0.29, 0.717) is 17.0 Å². The molecule has 0 fully saturated rings. The van der Waals surface area contributed by atoms with Crippen molar-refractivity contribution in [1.29, 1.82) is 0 Å². The van der Waals surface area contributed by atoms with Crippen LogP contribution in [0.2, 0.25) is 0 Å². The van der Waals surface area contributed by atoms with Crippen molar-refractivity contribution in [3.8, 4) is 22.6 Å². The fraction of sp³-hybridized carbons (Fsp3) is 0.200. The molecule has 0 amide bonds. The third kappa shape index (κ3) is 4.70. The van der Waals surface area contributed by atoms with Gasteiger partial charge >= 0.3 is 6.18 Å². The second-order valence-corrected chi connectivity index (χ2v) is 7.52. The molecular weight excluding hydrogens is 415 g/mol. The Hall–Kier alpha value is -3.14. The zero-order chi connectivity index (χ0) is 21.1. The number of nitrogens with zero attached hydrogens (tertiary/aromatic N) is 5. The molecule has 4 aromatic rings. The number of pyridine rings is 1. The van der Waals surface area contributed by atoms with Gasteiger partial charge in [-0.3, -0.25) is 9.55 Å². The Morgan fingerprint density at radius 2 is 1.73 bits per heavy atom. The van der Waals surface area contributed by atoms with Crippen molar-refractivity contribution < 1.29 is 17.7 Å². The molecule has 154 valence electrons. The van der Waals surface area contributed by atoms with Crippen molar-refractivity contribution in [3.05, 3.63) is 66.2 Å². The van der Waals surface area contributed by atoms with E-state index >= 15 is 0 Å². The van der Waals surface area contributed by atoms with Gasteiger partial charge in [-0.05, 0) is 19.1 Å². The number of thioether (sulfide) groups is 1. The van der Waals surface area contributed by atoms with Crippen LogP contribution in [0, 0.1) is 6.92 Å². The summed E-state index contributed by atoms with van der Waals surface area (Å²) < 4.78 is 45.8. The SMILES string of the molecule is Cc1ccc(-c2cc(CSc3nnc(-c4ccncc4)n3CC(F)(F)F)on2)cc1. The Morgan fingerprint density at radius 3 is 2.43 bits per heavy atom. The minimum atomic E-state index is -4.41. The maximum atomic E-state index is 13.2. The molecule has 30 heavy (non-hydrogen) atoms. The molecule has 0 aliphatic carbocycles. The van der Waals surface area contributed by atoms with Crippen molar-refractivity contribution in [3.63, 3.8) is 0 Å². The number of hydrogen-bond acceptors (Lipinski definition) is 6. The number of aromatic nitrogens is 5. The van der Waals surface area contributed by atoms with Crippen molar-refractivity contribution >= 4 is 11.8 Å². The molecule has 4 rings (SSSR count). The molecule has 0 saturated carbocycles. The lowest BCUT2D eigenvalue weighted by Gasteiger charge is -2.12. The molecule has 0 spiro atoms. The molecule has 1 aromatic carbocycles. The molecule has 0 atom stereocenters. The van der Waals surface area contributed by atoms with Gasteiger partial charge in [-0.15, -0.1) is 10.2 Å². The molecule has 3 aromatic heterocycles. The maximum absolute atomic E-state index is 13.2. The molecule has 6 nitrogen and oxygen atoms in total. The molecular formula is C20H16F3N5OS. The Bertz CT molecular complexity index is 1120. The number of hydrogen-bond donors (Lipinski definition) is 0. The molecule has 0 unspecified atom stereocenters. The van der Waals surface area contributed by atoms with Crippen molar-refractivity contribution in [2.24, 2.45) is 0 Å². The number of rotatable bonds is 6. The van der Waals surface area contributed by atoms with Crippen LogP contribution in [0.3, 0.4) is 0 Å². The van der Waals surface area contributed by atoms with E-state index in [9.17, 15) is 13.2 Å². The summed E-state index contributed by atoms with van der Waals surface area (Å²) in [4.78, 5) is 3.89. The quantitative estimate of drug-likeness (QED) is 0.393. The molecule has 0 aliphatic rings. The van der Waals surface area contributed by atoms with Crippen LogP contribution in [0.5, 0.6) is 0 Å². The van der Waals surface area contributed by atoms with Crippen LogP contribution in [0.25, 0.3) is 22.6 Å². The number of aryl methyl sites for hydroxylation is 1. The Labute approximate surface area is 174 Å². The Morgan fingerprint density at radius 1 is 1.00 bits per heavy atom. The summed E-state index contributed by atoms with van der Waals surface area (Å²) in [5.41, 5.74) is 3.21. The summed E-state index contributed by atoms with van der Waals surface area (Å²) in [6.45, 7) is 0.803. The first-order valence-electron chi connectivity index (χ1n) is 8.95.